The molecule has 0 bridgehead atoms. The second kappa shape index (κ2) is 9.56. The van der Waals surface area contributed by atoms with Crippen LogP contribution < -0.4 is 5.32 Å². The SMILES string of the molecule is CCNC(=O)N1CCN(C(=O)c2cc3ccsc3n2CCCc2ccccc2)CC1C. The van der Waals surface area contributed by atoms with Gasteiger partial charge in [0.15, 0.2) is 0 Å². The summed E-state index contributed by atoms with van der Waals surface area (Å²) < 4.78 is 2.19. The second-order valence-corrected chi connectivity index (χ2v) is 8.98. The van der Waals surface area contributed by atoms with Crippen molar-refractivity contribution < 1.29 is 9.59 Å². The molecule has 4 rings (SSSR count). The van der Waals surface area contributed by atoms with Crippen LogP contribution in [-0.2, 0) is 13.0 Å². The predicted molar refractivity (Wildman–Crippen MR) is 126 cm³/mol. The second-order valence-electron chi connectivity index (χ2n) is 8.08. The summed E-state index contributed by atoms with van der Waals surface area (Å²) in [6.45, 7) is 7.02. The molecule has 6 nitrogen and oxygen atoms in total. The number of carbonyl (C=O) groups excluding carboxylic acids is 2. The third-order valence-corrected chi connectivity index (χ3v) is 6.87. The van der Waals surface area contributed by atoms with Crippen molar-refractivity contribution in [2.24, 2.45) is 0 Å². The molecule has 0 aliphatic carbocycles. The molecule has 1 fully saturated rings. The topological polar surface area (TPSA) is 57.6 Å². The number of aromatic nitrogens is 1. The summed E-state index contributed by atoms with van der Waals surface area (Å²) in [7, 11) is 0. The Balaban J connectivity index is 1.47. The molecule has 0 saturated carbocycles. The molecule has 1 aliphatic rings. The third-order valence-electron chi connectivity index (χ3n) is 5.92. The van der Waals surface area contributed by atoms with Gasteiger partial charge in [-0.2, -0.15) is 0 Å². The lowest BCUT2D eigenvalue weighted by molar-refractivity contribution is 0.0570. The van der Waals surface area contributed by atoms with Crippen LogP contribution in [0.5, 0.6) is 0 Å². The van der Waals surface area contributed by atoms with Gasteiger partial charge in [-0.1, -0.05) is 30.3 Å². The van der Waals surface area contributed by atoms with Crippen LogP contribution in [0.2, 0.25) is 0 Å². The van der Waals surface area contributed by atoms with Crippen molar-refractivity contribution in [1.29, 1.82) is 0 Å². The highest BCUT2D eigenvalue weighted by Crippen LogP contribution is 2.27. The maximum absolute atomic E-state index is 13.5. The van der Waals surface area contributed by atoms with E-state index in [1.54, 1.807) is 11.3 Å². The van der Waals surface area contributed by atoms with Crippen LogP contribution in [0.3, 0.4) is 0 Å². The van der Waals surface area contributed by atoms with E-state index in [-0.39, 0.29) is 18.0 Å². The van der Waals surface area contributed by atoms with E-state index in [0.29, 0.717) is 26.2 Å². The number of nitrogens with zero attached hydrogens (tertiary/aromatic N) is 3. The first-order valence-electron chi connectivity index (χ1n) is 11.0. The van der Waals surface area contributed by atoms with Crippen LogP contribution in [0.1, 0.15) is 36.3 Å². The Kier molecular flexibility index (Phi) is 6.61. The van der Waals surface area contributed by atoms with Gasteiger partial charge in [0.25, 0.3) is 5.91 Å². The number of amides is 3. The molecule has 2 aromatic heterocycles. The number of benzene rings is 1. The summed E-state index contributed by atoms with van der Waals surface area (Å²) in [6, 6.07) is 14.5. The van der Waals surface area contributed by atoms with E-state index in [4.69, 9.17) is 0 Å². The quantitative estimate of drug-likeness (QED) is 0.627. The third kappa shape index (κ3) is 4.61. The van der Waals surface area contributed by atoms with Gasteiger partial charge in [-0.05, 0) is 49.8 Å². The van der Waals surface area contributed by atoms with E-state index in [0.717, 1.165) is 35.3 Å². The summed E-state index contributed by atoms with van der Waals surface area (Å²) in [5, 5.41) is 6.07. The molecule has 3 amide bonds. The van der Waals surface area contributed by atoms with Crippen molar-refractivity contribution in [3.63, 3.8) is 0 Å². The van der Waals surface area contributed by atoms with Gasteiger partial charge >= 0.3 is 6.03 Å². The van der Waals surface area contributed by atoms with Gasteiger partial charge in [-0.3, -0.25) is 4.79 Å². The Hall–Kier alpha value is -2.80. The largest absolute Gasteiger partial charge is 0.338 e. The smallest absolute Gasteiger partial charge is 0.317 e. The fourth-order valence-electron chi connectivity index (χ4n) is 4.32. The molecule has 1 unspecified atom stereocenters. The Morgan fingerprint density at radius 1 is 1.16 bits per heavy atom. The van der Waals surface area contributed by atoms with Crippen LogP contribution in [0, 0.1) is 0 Å². The standard InChI is InChI=1S/C24H30N4O2S/c1-3-25-24(30)27-14-13-26(17-18(27)2)22(29)21-16-20-11-15-31-23(20)28(21)12-7-10-19-8-5-4-6-9-19/h4-6,8-9,11,15-16,18H,3,7,10,12-14,17H2,1-2H3,(H,25,30). The van der Waals surface area contributed by atoms with Gasteiger partial charge < -0.3 is 19.7 Å². The van der Waals surface area contributed by atoms with Crippen molar-refractivity contribution in [3.8, 4) is 0 Å². The normalized spacial score (nSPS) is 16.6. The molecule has 1 aromatic carbocycles. The molecule has 3 aromatic rings. The molecule has 1 N–H and O–H groups in total. The average Bonchev–Trinajstić information content (AvgIpc) is 3.36. The fraction of sp³-hybridized carbons (Fsp3) is 0.417. The maximum atomic E-state index is 13.5. The Bertz CT molecular complexity index is 1040. The first-order chi connectivity index (χ1) is 15.1. The van der Waals surface area contributed by atoms with Crippen LogP contribution in [-0.4, -0.2) is 58.5 Å². The van der Waals surface area contributed by atoms with Crippen LogP contribution >= 0.6 is 11.3 Å². The number of nitrogens with one attached hydrogen (secondary N) is 1. The highest BCUT2D eigenvalue weighted by molar-refractivity contribution is 7.16. The number of fused-ring (bicyclic) bond motifs is 1. The molecule has 1 saturated heterocycles. The number of aryl methyl sites for hydroxylation is 2. The molecule has 164 valence electrons. The Morgan fingerprint density at radius 2 is 1.97 bits per heavy atom. The first-order valence-corrected chi connectivity index (χ1v) is 11.9. The minimum Gasteiger partial charge on any atom is -0.338 e. The van der Waals surface area contributed by atoms with E-state index >= 15 is 0 Å². The lowest BCUT2D eigenvalue weighted by Gasteiger charge is -2.39. The van der Waals surface area contributed by atoms with E-state index < -0.39 is 0 Å². The summed E-state index contributed by atoms with van der Waals surface area (Å²) in [5.74, 6) is 0.0607. The maximum Gasteiger partial charge on any atom is 0.317 e. The first kappa shape index (κ1) is 21.4. The summed E-state index contributed by atoms with van der Waals surface area (Å²) in [5.41, 5.74) is 2.08. The fourth-order valence-corrected chi connectivity index (χ4v) is 5.24. The number of hydrogen-bond donors (Lipinski definition) is 1. The average molecular weight is 439 g/mol. The zero-order valence-corrected chi connectivity index (χ0v) is 19.0. The van der Waals surface area contributed by atoms with Crippen molar-refractivity contribution in [3.05, 3.63) is 59.1 Å². The molecule has 1 atom stereocenters. The summed E-state index contributed by atoms with van der Waals surface area (Å²) >= 11 is 1.69. The molecule has 0 radical (unpaired) electrons. The van der Waals surface area contributed by atoms with Gasteiger partial charge in [0.1, 0.15) is 10.5 Å². The number of hydrogen-bond acceptors (Lipinski definition) is 3. The molecule has 3 heterocycles. The number of rotatable bonds is 6. The van der Waals surface area contributed by atoms with Crippen LogP contribution in [0.15, 0.2) is 47.8 Å². The number of urea groups is 1. The number of thiophene rings is 1. The molecular weight excluding hydrogens is 408 g/mol. The lowest BCUT2D eigenvalue weighted by atomic mass is 10.1. The molecular formula is C24H30N4O2S. The predicted octanol–water partition coefficient (Wildman–Crippen LogP) is 4.21. The van der Waals surface area contributed by atoms with Crippen molar-refractivity contribution in [2.45, 2.75) is 39.3 Å². The van der Waals surface area contributed by atoms with Gasteiger partial charge in [0.2, 0.25) is 0 Å². The van der Waals surface area contributed by atoms with Crippen molar-refractivity contribution in [1.82, 2.24) is 19.7 Å². The van der Waals surface area contributed by atoms with Gasteiger partial charge in [0.05, 0.1) is 0 Å². The molecule has 7 heteroatoms. The summed E-state index contributed by atoms with van der Waals surface area (Å²) in [6.07, 6.45) is 1.97. The van der Waals surface area contributed by atoms with Gasteiger partial charge in [0, 0.05) is 44.2 Å². The summed E-state index contributed by atoms with van der Waals surface area (Å²) in [4.78, 5) is 30.6. The van der Waals surface area contributed by atoms with Crippen LogP contribution in [0.4, 0.5) is 4.79 Å². The van der Waals surface area contributed by atoms with Crippen molar-refractivity contribution >= 4 is 33.5 Å². The highest BCUT2D eigenvalue weighted by atomic mass is 32.1. The number of piperazine rings is 1. The molecule has 31 heavy (non-hydrogen) atoms. The van der Waals surface area contributed by atoms with Crippen molar-refractivity contribution in [2.75, 3.05) is 26.2 Å². The Labute approximate surface area is 187 Å². The van der Waals surface area contributed by atoms with E-state index in [9.17, 15) is 9.59 Å². The minimum atomic E-state index is -0.0492. The van der Waals surface area contributed by atoms with E-state index in [1.165, 1.54) is 5.56 Å². The Morgan fingerprint density at radius 3 is 2.71 bits per heavy atom. The monoisotopic (exact) mass is 438 g/mol. The zero-order chi connectivity index (χ0) is 21.8. The zero-order valence-electron chi connectivity index (χ0n) is 18.2. The number of carbonyl (C=O) groups is 2. The van der Waals surface area contributed by atoms with Crippen LogP contribution in [0.25, 0.3) is 10.2 Å². The van der Waals surface area contributed by atoms with E-state index in [2.05, 4.69) is 45.6 Å². The molecule has 0 spiro atoms. The van der Waals surface area contributed by atoms with E-state index in [1.807, 2.05) is 35.8 Å². The molecule has 1 aliphatic heterocycles. The minimum absolute atomic E-state index is 0.00754. The highest BCUT2D eigenvalue weighted by Gasteiger charge is 2.31. The van der Waals surface area contributed by atoms with Gasteiger partial charge in [-0.25, -0.2) is 4.79 Å². The lowest BCUT2D eigenvalue weighted by Crippen LogP contribution is -2.57. The van der Waals surface area contributed by atoms with Gasteiger partial charge in [-0.15, -0.1) is 11.3 Å².